The van der Waals surface area contributed by atoms with Crippen LogP contribution in [0.5, 0.6) is 0 Å². The fourth-order valence-electron chi connectivity index (χ4n) is 1.31. The summed E-state index contributed by atoms with van der Waals surface area (Å²) >= 11 is 4.81. The molecule has 2 heterocycles. The van der Waals surface area contributed by atoms with Crippen LogP contribution in [-0.2, 0) is 6.54 Å². The van der Waals surface area contributed by atoms with Crippen LogP contribution in [0.4, 0.5) is 0 Å². The van der Waals surface area contributed by atoms with Gasteiger partial charge in [0.15, 0.2) is 0 Å². The summed E-state index contributed by atoms with van der Waals surface area (Å²) in [5.74, 6) is 0. The molecule has 2 aromatic heterocycles. The fraction of sp³-hybridized carbons (Fsp3) is 0.300. The lowest BCUT2D eigenvalue weighted by molar-refractivity contribution is 0.711. The van der Waals surface area contributed by atoms with Crippen LogP contribution >= 0.6 is 27.3 Å². The van der Waals surface area contributed by atoms with Gasteiger partial charge in [0.25, 0.3) is 5.56 Å². The molecule has 84 valence electrons. The van der Waals surface area contributed by atoms with Crippen molar-refractivity contribution in [2.75, 3.05) is 0 Å². The van der Waals surface area contributed by atoms with Gasteiger partial charge in [-0.05, 0) is 29.8 Å². The Kier molecular flexibility index (Phi) is 3.20. The summed E-state index contributed by atoms with van der Waals surface area (Å²) in [4.78, 5) is 20.3. The molecule has 0 fully saturated rings. The zero-order valence-electron chi connectivity index (χ0n) is 8.90. The molecule has 0 spiro atoms. The summed E-state index contributed by atoms with van der Waals surface area (Å²) in [6.45, 7) is 4.21. The van der Waals surface area contributed by atoms with Gasteiger partial charge in [-0.15, -0.1) is 11.3 Å². The van der Waals surface area contributed by atoms with E-state index in [2.05, 4.69) is 25.9 Å². The Morgan fingerprint density at radius 3 is 2.88 bits per heavy atom. The highest BCUT2D eigenvalue weighted by atomic mass is 79.9. The first-order valence-electron chi connectivity index (χ1n) is 4.70. The van der Waals surface area contributed by atoms with E-state index in [0.29, 0.717) is 16.7 Å². The molecule has 6 heteroatoms. The molecule has 0 aliphatic heterocycles. The monoisotopic (exact) mass is 299 g/mol. The summed E-state index contributed by atoms with van der Waals surface area (Å²) in [5.41, 5.74) is 1.52. The Morgan fingerprint density at radius 1 is 1.50 bits per heavy atom. The van der Waals surface area contributed by atoms with E-state index in [1.54, 1.807) is 29.2 Å². The molecule has 0 saturated heterocycles. The third kappa shape index (κ3) is 2.22. The highest BCUT2D eigenvalue weighted by molar-refractivity contribution is 9.10. The van der Waals surface area contributed by atoms with Crippen LogP contribution in [0, 0.1) is 13.8 Å². The van der Waals surface area contributed by atoms with E-state index in [4.69, 9.17) is 0 Å². The van der Waals surface area contributed by atoms with Gasteiger partial charge in [-0.25, -0.2) is 9.97 Å². The zero-order valence-corrected chi connectivity index (χ0v) is 11.3. The first kappa shape index (κ1) is 11.5. The Bertz CT molecular complexity index is 576. The van der Waals surface area contributed by atoms with E-state index >= 15 is 0 Å². The second kappa shape index (κ2) is 4.47. The molecule has 0 saturated carbocycles. The number of halogens is 1. The van der Waals surface area contributed by atoms with Gasteiger partial charge in [0, 0.05) is 5.38 Å². The molecule has 2 aromatic rings. The van der Waals surface area contributed by atoms with E-state index in [1.807, 2.05) is 12.3 Å². The van der Waals surface area contributed by atoms with Crippen molar-refractivity contribution in [1.82, 2.24) is 14.5 Å². The van der Waals surface area contributed by atoms with Crippen molar-refractivity contribution in [2.24, 2.45) is 0 Å². The van der Waals surface area contributed by atoms with Crippen LogP contribution in [-0.4, -0.2) is 14.5 Å². The van der Waals surface area contributed by atoms with Gasteiger partial charge in [0.2, 0.25) is 0 Å². The molecular weight excluding hydrogens is 290 g/mol. The second-order valence-electron chi connectivity index (χ2n) is 3.43. The van der Waals surface area contributed by atoms with Gasteiger partial charge < -0.3 is 0 Å². The van der Waals surface area contributed by atoms with Crippen molar-refractivity contribution >= 4 is 27.3 Å². The number of hydrogen-bond acceptors (Lipinski definition) is 4. The van der Waals surface area contributed by atoms with Crippen LogP contribution < -0.4 is 5.56 Å². The van der Waals surface area contributed by atoms with Gasteiger partial charge in [-0.1, -0.05) is 0 Å². The Balaban J connectivity index is 2.36. The Hall–Kier alpha value is -1.01. The number of hydrogen-bond donors (Lipinski definition) is 0. The molecule has 16 heavy (non-hydrogen) atoms. The van der Waals surface area contributed by atoms with Crippen molar-refractivity contribution < 1.29 is 0 Å². The third-order valence-electron chi connectivity index (χ3n) is 2.16. The average Bonchev–Trinajstić information content (AvgIpc) is 2.65. The Labute approximate surface area is 105 Å². The maximum Gasteiger partial charge on any atom is 0.268 e. The zero-order chi connectivity index (χ0) is 11.7. The topological polar surface area (TPSA) is 47.8 Å². The highest BCUT2D eigenvalue weighted by Gasteiger charge is 2.07. The average molecular weight is 300 g/mol. The normalized spacial score (nSPS) is 10.7. The number of nitrogens with zero attached hydrogens (tertiary/aromatic N) is 3. The molecule has 0 bridgehead atoms. The molecule has 2 rings (SSSR count). The van der Waals surface area contributed by atoms with E-state index in [1.165, 1.54) is 0 Å². The first-order chi connectivity index (χ1) is 7.58. The van der Waals surface area contributed by atoms with E-state index in [-0.39, 0.29) is 5.56 Å². The van der Waals surface area contributed by atoms with Gasteiger partial charge in [-0.3, -0.25) is 9.36 Å². The van der Waals surface area contributed by atoms with Crippen LogP contribution in [0.15, 0.2) is 21.0 Å². The van der Waals surface area contributed by atoms with Crippen molar-refractivity contribution in [3.8, 4) is 0 Å². The number of aryl methyl sites for hydroxylation is 2. The summed E-state index contributed by atoms with van der Waals surface area (Å²) in [7, 11) is 0. The van der Waals surface area contributed by atoms with Crippen LogP contribution in [0.3, 0.4) is 0 Å². The smallest absolute Gasteiger partial charge is 0.268 e. The molecule has 0 radical (unpaired) electrons. The number of rotatable bonds is 2. The van der Waals surface area contributed by atoms with E-state index in [9.17, 15) is 4.79 Å². The predicted molar refractivity (Wildman–Crippen MR) is 66.9 cm³/mol. The minimum Gasteiger partial charge on any atom is -0.292 e. The highest BCUT2D eigenvalue weighted by Crippen LogP contribution is 2.10. The van der Waals surface area contributed by atoms with Crippen LogP contribution in [0.1, 0.15) is 16.4 Å². The maximum absolute atomic E-state index is 11.9. The van der Waals surface area contributed by atoms with Crippen molar-refractivity contribution in [3.63, 3.8) is 0 Å². The van der Waals surface area contributed by atoms with E-state index < -0.39 is 0 Å². The van der Waals surface area contributed by atoms with E-state index in [0.717, 1.165) is 10.7 Å². The molecule has 4 nitrogen and oxygen atoms in total. The molecule has 0 aromatic carbocycles. The molecule has 0 unspecified atom stereocenters. The quantitative estimate of drug-likeness (QED) is 0.853. The van der Waals surface area contributed by atoms with Crippen LogP contribution in [0.2, 0.25) is 0 Å². The minimum atomic E-state index is -0.0712. The predicted octanol–water partition coefficient (Wildman–Crippen LogP) is 2.13. The Morgan fingerprint density at radius 2 is 2.25 bits per heavy atom. The maximum atomic E-state index is 11.9. The molecule has 0 amide bonds. The third-order valence-corrected chi connectivity index (χ3v) is 3.89. The molecule has 0 aliphatic carbocycles. The summed E-state index contributed by atoms with van der Waals surface area (Å²) in [6, 6.07) is 0. The fourth-order valence-corrected chi connectivity index (χ4v) is 2.25. The lowest BCUT2D eigenvalue weighted by Crippen LogP contribution is -2.22. The van der Waals surface area contributed by atoms with Gasteiger partial charge in [-0.2, -0.15) is 0 Å². The summed E-state index contributed by atoms with van der Waals surface area (Å²) in [6.07, 6.45) is 1.55. The first-order valence-corrected chi connectivity index (χ1v) is 6.37. The number of thiazole rings is 1. The van der Waals surface area contributed by atoms with Gasteiger partial charge >= 0.3 is 0 Å². The van der Waals surface area contributed by atoms with Crippen molar-refractivity contribution in [1.29, 1.82) is 0 Å². The SMILES string of the molecule is Cc1nc(Cn2cnc(C)c(Br)c2=O)cs1. The molecule has 0 N–H and O–H groups in total. The lowest BCUT2D eigenvalue weighted by atomic mass is 10.4. The second-order valence-corrected chi connectivity index (χ2v) is 5.29. The number of aromatic nitrogens is 3. The largest absolute Gasteiger partial charge is 0.292 e. The van der Waals surface area contributed by atoms with Crippen LogP contribution in [0.25, 0.3) is 0 Å². The standard InChI is InChI=1S/C10H10BrN3OS/c1-6-9(11)10(15)14(5-12-6)3-8-4-16-7(2)13-8/h4-5H,3H2,1-2H3. The minimum absolute atomic E-state index is 0.0712. The summed E-state index contributed by atoms with van der Waals surface area (Å²) < 4.78 is 2.06. The van der Waals surface area contributed by atoms with Crippen molar-refractivity contribution in [2.45, 2.75) is 20.4 Å². The molecule has 0 aliphatic rings. The van der Waals surface area contributed by atoms with Crippen molar-refractivity contribution in [3.05, 3.63) is 42.9 Å². The molecular formula is C10H10BrN3OS. The van der Waals surface area contributed by atoms with Gasteiger partial charge in [0.1, 0.15) is 4.47 Å². The molecule has 0 atom stereocenters. The van der Waals surface area contributed by atoms with Gasteiger partial charge in [0.05, 0.1) is 29.3 Å². The summed E-state index contributed by atoms with van der Waals surface area (Å²) in [5, 5.41) is 2.96. The lowest BCUT2D eigenvalue weighted by Gasteiger charge is -2.04.